The van der Waals surface area contributed by atoms with Gasteiger partial charge in [0.15, 0.2) is 12.6 Å². The molecule has 0 amide bonds. The topological polar surface area (TPSA) is 48.4 Å². The van der Waals surface area contributed by atoms with E-state index in [0.29, 0.717) is 30.8 Å². The number of carbonyl (C=O) groups excluding carboxylic acids is 1. The van der Waals surface area contributed by atoms with Crippen LogP contribution in [0.1, 0.15) is 22.3 Å². The van der Waals surface area contributed by atoms with Crippen molar-refractivity contribution in [3.05, 3.63) is 29.6 Å². The van der Waals surface area contributed by atoms with Crippen molar-refractivity contribution < 1.29 is 14.3 Å². The van der Waals surface area contributed by atoms with E-state index in [-0.39, 0.29) is 0 Å². The molecule has 13 heavy (non-hydrogen) atoms. The number of hydrogen-bond donors (Lipinski definition) is 0. The van der Waals surface area contributed by atoms with Gasteiger partial charge in [0.05, 0.1) is 13.2 Å². The zero-order valence-electron chi connectivity index (χ0n) is 6.97. The smallest absolute Gasteiger partial charge is 0.186 e. The normalized spacial score (nSPS) is 17.5. The average molecular weight is 179 g/mol. The Morgan fingerprint density at radius 1 is 1.46 bits per heavy atom. The van der Waals surface area contributed by atoms with Gasteiger partial charge in [-0.25, -0.2) is 0 Å². The summed E-state index contributed by atoms with van der Waals surface area (Å²) < 4.78 is 10.5. The Labute approximate surface area is 75.5 Å². The Balaban J connectivity index is 2.31. The van der Waals surface area contributed by atoms with Gasteiger partial charge in [-0.15, -0.1) is 0 Å². The quantitative estimate of drug-likeness (QED) is 0.634. The van der Waals surface area contributed by atoms with Crippen LogP contribution in [-0.2, 0) is 9.47 Å². The predicted molar refractivity (Wildman–Crippen MR) is 44.3 cm³/mol. The summed E-state index contributed by atoms with van der Waals surface area (Å²) >= 11 is 0. The number of ether oxygens (including phenoxy) is 2. The minimum atomic E-state index is -0.422. The van der Waals surface area contributed by atoms with Gasteiger partial charge in [-0.05, 0) is 6.07 Å². The molecule has 1 saturated heterocycles. The van der Waals surface area contributed by atoms with Gasteiger partial charge < -0.3 is 9.47 Å². The van der Waals surface area contributed by atoms with E-state index in [1.807, 2.05) is 0 Å². The first kappa shape index (κ1) is 8.34. The maximum absolute atomic E-state index is 10.6. The molecule has 0 atom stereocenters. The first-order valence-electron chi connectivity index (χ1n) is 4.05. The van der Waals surface area contributed by atoms with Gasteiger partial charge in [0.25, 0.3) is 0 Å². The zero-order chi connectivity index (χ0) is 9.10. The molecule has 0 bridgehead atoms. The number of hydrogen-bond acceptors (Lipinski definition) is 4. The lowest BCUT2D eigenvalue weighted by atomic mass is 10.2. The molecule has 4 heteroatoms. The van der Waals surface area contributed by atoms with Crippen molar-refractivity contribution in [1.82, 2.24) is 4.98 Å². The molecular formula is C9H9NO3. The number of rotatable bonds is 2. The molecule has 0 radical (unpaired) electrons. The molecule has 1 fully saturated rings. The molecule has 0 spiro atoms. The Morgan fingerprint density at radius 2 is 2.23 bits per heavy atom. The highest BCUT2D eigenvalue weighted by molar-refractivity contribution is 5.74. The Kier molecular flexibility index (Phi) is 2.33. The van der Waals surface area contributed by atoms with Gasteiger partial charge in [0.2, 0.25) is 0 Å². The van der Waals surface area contributed by atoms with Gasteiger partial charge in [-0.3, -0.25) is 9.78 Å². The van der Waals surface area contributed by atoms with Crippen molar-refractivity contribution in [2.24, 2.45) is 0 Å². The third-order valence-electron chi connectivity index (χ3n) is 1.86. The van der Waals surface area contributed by atoms with Gasteiger partial charge in [-0.1, -0.05) is 6.07 Å². The van der Waals surface area contributed by atoms with Gasteiger partial charge >= 0.3 is 0 Å². The molecule has 0 aliphatic carbocycles. The van der Waals surface area contributed by atoms with Crippen LogP contribution in [0, 0.1) is 0 Å². The molecule has 1 aliphatic rings. The summed E-state index contributed by atoms with van der Waals surface area (Å²) in [7, 11) is 0. The van der Waals surface area contributed by atoms with Crippen molar-refractivity contribution in [2.75, 3.05) is 13.2 Å². The molecule has 1 aromatic rings. The molecule has 0 aromatic carbocycles. The van der Waals surface area contributed by atoms with Crippen LogP contribution in [0.4, 0.5) is 0 Å². The maximum atomic E-state index is 10.6. The largest absolute Gasteiger partial charge is 0.346 e. The highest BCUT2D eigenvalue weighted by Gasteiger charge is 2.21. The third-order valence-corrected chi connectivity index (χ3v) is 1.86. The second-order valence-electron chi connectivity index (χ2n) is 2.67. The molecule has 1 aliphatic heterocycles. The van der Waals surface area contributed by atoms with Crippen molar-refractivity contribution >= 4 is 6.29 Å². The Bertz CT molecular complexity index is 307. The predicted octanol–water partition coefficient (Wildman–Crippen LogP) is 0.940. The summed E-state index contributed by atoms with van der Waals surface area (Å²) in [5.41, 5.74) is 1.09. The van der Waals surface area contributed by atoms with E-state index in [1.165, 1.54) is 0 Å². The second kappa shape index (κ2) is 3.64. The summed E-state index contributed by atoms with van der Waals surface area (Å²) in [6, 6.07) is 3.54. The van der Waals surface area contributed by atoms with Crippen LogP contribution in [0.25, 0.3) is 0 Å². The molecule has 2 heterocycles. The number of aldehydes is 1. The first-order chi connectivity index (χ1) is 6.42. The molecule has 0 unspecified atom stereocenters. The van der Waals surface area contributed by atoms with Crippen molar-refractivity contribution in [1.29, 1.82) is 0 Å². The maximum Gasteiger partial charge on any atom is 0.186 e. The van der Waals surface area contributed by atoms with Gasteiger partial charge in [-0.2, -0.15) is 0 Å². The number of carbonyl (C=O) groups is 1. The Hall–Kier alpha value is -1.26. The fraction of sp³-hybridized carbons (Fsp3) is 0.333. The summed E-state index contributed by atoms with van der Waals surface area (Å²) in [6.45, 7) is 1.13. The molecule has 1 aromatic heterocycles. The molecule has 2 rings (SSSR count). The molecule has 4 nitrogen and oxygen atoms in total. The van der Waals surface area contributed by atoms with E-state index < -0.39 is 6.29 Å². The molecular weight excluding hydrogens is 170 g/mol. The molecule has 0 N–H and O–H groups in total. The van der Waals surface area contributed by atoms with Crippen LogP contribution in [0.2, 0.25) is 0 Å². The van der Waals surface area contributed by atoms with E-state index in [1.54, 1.807) is 18.3 Å². The average Bonchev–Trinajstić information content (AvgIpc) is 2.70. The van der Waals surface area contributed by atoms with Crippen LogP contribution >= 0.6 is 0 Å². The lowest BCUT2D eigenvalue weighted by Crippen LogP contribution is -2.03. The fourth-order valence-electron chi connectivity index (χ4n) is 1.27. The van der Waals surface area contributed by atoms with Crippen molar-refractivity contribution in [2.45, 2.75) is 6.29 Å². The van der Waals surface area contributed by atoms with Crippen LogP contribution in [0.15, 0.2) is 18.3 Å². The summed E-state index contributed by atoms with van der Waals surface area (Å²) in [5, 5.41) is 0. The van der Waals surface area contributed by atoms with Crippen LogP contribution < -0.4 is 0 Å². The molecule has 0 saturated carbocycles. The minimum absolute atomic E-state index is 0.384. The van der Waals surface area contributed by atoms with E-state index >= 15 is 0 Å². The highest BCUT2D eigenvalue weighted by Crippen LogP contribution is 2.24. The standard InChI is InChI=1S/C9H9NO3/c11-6-8-7(2-1-3-10-8)9-12-4-5-13-9/h1-3,6,9H,4-5H2. The minimum Gasteiger partial charge on any atom is -0.346 e. The number of nitrogens with zero attached hydrogens (tertiary/aromatic N) is 1. The third kappa shape index (κ3) is 1.59. The lowest BCUT2D eigenvalue weighted by molar-refractivity contribution is -0.0446. The van der Waals surface area contributed by atoms with E-state index in [4.69, 9.17) is 9.47 Å². The summed E-state index contributed by atoms with van der Waals surface area (Å²) in [6.07, 6.45) is 1.86. The van der Waals surface area contributed by atoms with E-state index in [2.05, 4.69) is 4.98 Å². The monoisotopic (exact) mass is 179 g/mol. The highest BCUT2D eigenvalue weighted by atomic mass is 16.7. The zero-order valence-corrected chi connectivity index (χ0v) is 6.97. The van der Waals surface area contributed by atoms with Crippen molar-refractivity contribution in [3.63, 3.8) is 0 Å². The second-order valence-corrected chi connectivity index (χ2v) is 2.67. The van der Waals surface area contributed by atoms with Gasteiger partial charge in [0.1, 0.15) is 5.69 Å². The summed E-state index contributed by atoms with van der Waals surface area (Å²) in [4.78, 5) is 14.5. The van der Waals surface area contributed by atoms with Crippen LogP contribution in [0.3, 0.4) is 0 Å². The summed E-state index contributed by atoms with van der Waals surface area (Å²) in [5.74, 6) is 0. The first-order valence-corrected chi connectivity index (χ1v) is 4.05. The van der Waals surface area contributed by atoms with E-state index in [9.17, 15) is 4.79 Å². The van der Waals surface area contributed by atoms with Crippen LogP contribution in [-0.4, -0.2) is 24.5 Å². The van der Waals surface area contributed by atoms with Crippen molar-refractivity contribution in [3.8, 4) is 0 Å². The van der Waals surface area contributed by atoms with Gasteiger partial charge in [0, 0.05) is 11.8 Å². The molecule has 68 valence electrons. The van der Waals surface area contributed by atoms with Crippen LogP contribution in [0.5, 0.6) is 0 Å². The lowest BCUT2D eigenvalue weighted by Gasteiger charge is -2.09. The number of pyridine rings is 1. The SMILES string of the molecule is O=Cc1ncccc1C1OCCO1. The van der Waals surface area contributed by atoms with E-state index in [0.717, 1.165) is 0 Å². The number of aromatic nitrogens is 1. The fourth-order valence-corrected chi connectivity index (χ4v) is 1.27. The Morgan fingerprint density at radius 3 is 2.92 bits per heavy atom.